The van der Waals surface area contributed by atoms with E-state index in [1.165, 1.54) is 6.33 Å². The molecular formula is C22H17N3O4. The van der Waals surface area contributed by atoms with Crippen LogP contribution in [0, 0.1) is 24.0 Å². The Hall–Kier alpha value is -4.00. The van der Waals surface area contributed by atoms with Crippen LogP contribution >= 0.6 is 0 Å². The molecule has 0 saturated carbocycles. The molecule has 1 aromatic heterocycles. The highest BCUT2D eigenvalue weighted by molar-refractivity contribution is 5.83. The fourth-order valence-corrected chi connectivity index (χ4v) is 2.88. The Morgan fingerprint density at radius 3 is 2.07 bits per heavy atom. The molecule has 0 atom stereocenters. The smallest absolute Gasteiger partial charge is 0.393 e. The molecule has 0 radical (unpaired) electrons. The predicted octanol–water partition coefficient (Wildman–Crippen LogP) is 5.74. The number of aryl methyl sites for hydroxylation is 2. The lowest BCUT2D eigenvalue weighted by Crippen LogP contribution is -2.01. The monoisotopic (exact) mass is 387 g/mol. The average molecular weight is 387 g/mol. The third-order valence-corrected chi connectivity index (χ3v) is 4.57. The molecule has 0 amide bonds. The van der Waals surface area contributed by atoms with Crippen LogP contribution < -0.4 is 9.47 Å². The molecule has 3 aromatic carbocycles. The number of rotatable bonds is 5. The van der Waals surface area contributed by atoms with Gasteiger partial charge < -0.3 is 9.47 Å². The van der Waals surface area contributed by atoms with Gasteiger partial charge in [-0.05, 0) is 60.0 Å². The quantitative estimate of drug-likeness (QED) is 0.320. The molecule has 0 N–H and O–H groups in total. The molecule has 0 unspecified atom stereocenters. The SMILES string of the molecule is Cc1ccc(Oc2ncnc(Oc3ccc4ccccc4c3)c2[N+](=O)[O-])cc1C. The summed E-state index contributed by atoms with van der Waals surface area (Å²) in [7, 11) is 0. The molecule has 4 rings (SSSR count). The lowest BCUT2D eigenvalue weighted by Gasteiger charge is -2.10. The molecule has 0 aliphatic heterocycles. The lowest BCUT2D eigenvalue weighted by atomic mass is 10.1. The summed E-state index contributed by atoms with van der Waals surface area (Å²) in [6.07, 6.45) is 1.18. The molecule has 7 heteroatoms. The van der Waals surface area contributed by atoms with E-state index in [1.807, 2.05) is 50.2 Å². The highest BCUT2D eigenvalue weighted by Gasteiger charge is 2.27. The molecule has 0 saturated heterocycles. The van der Waals surface area contributed by atoms with Crippen LogP contribution in [0.15, 0.2) is 67.0 Å². The van der Waals surface area contributed by atoms with Gasteiger partial charge in [0.05, 0.1) is 4.92 Å². The molecule has 1 heterocycles. The molecule has 0 spiro atoms. The molecule has 0 bridgehead atoms. The van der Waals surface area contributed by atoms with Crippen molar-refractivity contribution in [3.05, 3.63) is 88.2 Å². The maximum atomic E-state index is 11.7. The summed E-state index contributed by atoms with van der Waals surface area (Å²) in [6, 6.07) is 18.6. The van der Waals surface area contributed by atoms with Crippen LogP contribution in [-0.2, 0) is 0 Å². The fourth-order valence-electron chi connectivity index (χ4n) is 2.88. The molecule has 4 aromatic rings. The second-order valence-electron chi connectivity index (χ2n) is 6.55. The number of benzene rings is 3. The lowest BCUT2D eigenvalue weighted by molar-refractivity contribution is -0.387. The zero-order chi connectivity index (χ0) is 20.4. The summed E-state index contributed by atoms with van der Waals surface area (Å²) in [5.74, 6) is 0.525. The van der Waals surface area contributed by atoms with Crippen molar-refractivity contribution in [3.63, 3.8) is 0 Å². The van der Waals surface area contributed by atoms with Crippen LogP contribution in [0.4, 0.5) is 5.69 Å². The highest BCUT2D eigenvalue weighted by Crippen LogP contribution is 2.38. The number of hydrogen-bond donors (Lipinski definition) is 0. The minimum absolute atomic E-state index is 0.177. The Morgan fingerprint density at radius 1 is 0.793 bits per heavy atom. The molecule has 0 fully saturated rings. The third kappa shape index (κ3) is 3.84. The summed E-state index contributed by atoms with van der Waals surface area (Å²) < 4.78 is 11.4. The van der Waals surface area contributed by atoms with Gasteiger partial charge in [-0.15, -0.1) is 0 Å². The first-order chi connectivity index (χ1) is 14.0. The summed E-state index contributed by atoms with van der Waals surface area (Å²) in [5.41, 5.74) is 1.67. The molecule has 0 aliphatic rings. The van der Waals surface area contributed by atoms with Crippen molar-refractivity contribution in [3.8, 4) is 23.3 Å². The molecule has 29 heavy (non-hydrogen) atoms. The minimum atomic E-state index is -0.604. The van der Waals surface area contributed by atoms with Crippen molar-refractivity contribution < 1.29 is 14.4 Å². The number of nitro groups is 1. The van der Waals surface area contributed by atoms with Crippen molar-refractivity contribution >= 4 is 16.5 Å². The first-order valence-corrected chi connectivity index (χ1v) is 8.92. The van der Waals surface area contributed by atoms with Crippen LogP contribution in [0.5, 0.6) is 23.3 Å². The number of fused-ring (bicyclic) bond motifs is 1. The van der Waals surface area contributed by atoms with Crippen molar-refractivity contribution in [1.82, 2.24) is 9.97 Å². The van der Waals surface area contributed by atoms with Crippen molar-refractivity contribution in [2.75, 3.05) is 0 Å². The Kier molecular flexibility index (Phi) is 4.78. The molecule has 144 valence electrons. The van der Waals surface area contributed by atoms with E-state index in [2.05, 4.69) is 9.97 Å². The molecule has 7 nitrogen and oxygen atoms in total. The summed E-state index contributed by atoms with van der Waals surface area (Å²) in [5, 5.41) is 13.7. The molecular weight excluding hydrogens is 370 g/mol. The van der Waals surface area contributed by atoms with Crippen molar-refractivity contribution in [1.29, 1.82) is 0 Å². The molecule has 0 aliphatic carbocycles. The largest absolute Gasteiger partial charge is 0.433 e. The van der Waals surface area contributed by atoms with Gasteiger partial charge in [-0.3, -0.25) is 10.1 Å². The van der Waals surface area contributed by atoms with Gasteiger partial charge in [0.1, 0.15) is 17.8 Å². The number of aromatic nitrogens is 2. The second-order valence-corrected chi connectivity index (χ2v) is 6.55. The van der Waals surface area contributed by atoms with Crippen LogP contribution in [0.3, 0.4) is 0 Å². The van der Waals surface area contributed by atoms with Gasteiger partial charge in [-0.1, -0.05) is 36.4 Å². The topological polar surface area (TPSA) is 87.4 Å². The van der Waals surface area contributed by atoms with E-state index in [4.69, 9.17) is 9.47 Å². The van der Waals surface area contributed by atoms with E-state index in [9.17, 15) is 10.1 Å². The van der Waals surface area contributed by atoms with Crippen LogP contribution in [0.2, 0.25) is 0 Å². The van der Waals surface area contributed by atoms with E-state index >= 15 is 0 Å². The van der Waals surface area contributed by atoms with E-state index in [-0.39, 0.29) is 11.8 Å². The highest BCUT2D eigenvalue weighted by atomic mass is 16.6. The van der Waals surface area contributed by atoms with Crippen molar-refractivity contribution in [2.45, 2.75) is 13.8 Å². The minimum Gasteiger partial charge on any atom is -0.433 e. The number of hydrogen-bond acceptors (Lipinski definition) is 6. The zero-order valence-corrected chi connectivity index (χ0v) is 15.8. The van der Waals surface area contributed by atoms with Gasteiger partial charge in [-0.25, -0.2) is 0 Å². The first kappa shape index (κ1) is 18.4. The Morgan fingerprint density at radius 2 is 1.41 bits per heavy atom. The van der Waals surface area contributed by atoms with Crippen LogP contribution in [-0.4, -0.2) is 14.9 Å². The standard InChI is InChI=1S/C22H17N3O4/c1-14-7-9-18(11-15(14)2)28-21-20(25(26)27)22(24-13-23-21)29-19-10-8-16-5-3-4-6-17(16)12-19/h3-13H,1-2H3. The van der Waals surface area contributed by atoms with Crippen LogP contribution in [0.1, 0.15) is 11.1 Å². The predicted molar refractivity (Wildman–Crippen MR) is 109 cm³/mol. The average Bonchev–Trinajstić information content (AvgIpc) is 2.70. The zero-order valence-electron chi connectivity index (χ0n) is 15.8. The van der Waals surface area contributed by atoms with Gasteiger partial charge in [0.15, 0.2) is 0 Å². The Balaban J connectivity index is 1.70. The number of nitrogens with zero attached hydrogens (tertiary/aromatic N) is 3. The number of ether oxygens (including phenoxy) is 2. The van der Waals surface area contributed by atoms with Gasteiger partial charge >= 0.3 is 17.4 Å². The maximum Gasteiger partial charge on any atom is 0.393 e. The fraction of sp³-hybridized carbons (Fsp3) is 0.0909. The van der Waals surface area contributed by atoms with Gasteiger partial charge in [-0.2, -0.15) is 9.97 Å². The first-order valence-electron chi connectivity index (χ1n) is 8.92. The van der Waals surface area contributed by atoms with E-state index < -0.39 is 10.6 Å². The van der Waals surface area contributed by atoms with E-state index in [0.29, 0.717) is 11.5 Å². The summed E-state index contributed by atoms with van der Waals surface area (Å²) in [4.78, 5) is 19.0. The summed E-state index contributed by atoms with van der Waals surface area (Å²) in [6.45, 7) is 3.91. The van der Waals surface area contributed by atoms with E-state index in [0.717, 1.165) is 21.9 Å². The Bertz CT molecular complexity index is 1220. The maximum absolute atomic E-state index is 11.7. The second kappa shape index (κ2) is 7.55. The third-order valence-electron chi connectivity index (χ3n) is 4.57. The van der Waals surface area contributed by atoms with Gasteiger partial charge in [0.25, 0.3) is 0 Å². The normalized spacial score (nSPS) is 10.7. The van der Waals surface area contributed by atoms with E-state index in [1.54, 1.807) is 24.3 Å². The summed E-state index contributed by atoms with van der Waals surface area (Å²) >= 11 is 0. The van der Waals surface area contributed by atoms with Gasteiger partial charge in [0.2, 0.25) is 0 Å². The van der Waals surface area contributed by atoms with Crippen molar-refractivity contribution in [2.24, 2.45) is 0 Å². The Labute approximate surface area is 166 Å². The van der Waals surface area contributed by atoms with Gasteiger partial charge in [0, 0.05) is 0 Å². The van der Waals surface area contributed by atoms with Crippen LogP contribution in [0.25, 0.3) is 10.8 Å².